The van der Waals surface area contributed by atoms with Crippen LogP contribution in [0.3, 0.4) is 0 Å². The summed E-state index contributed by atoms with van der Waals surface area (Å²) in [6, 6.07) is 14.4. The third-order valence-corrected chi connectivity index (χ3v) is 5.31. The number of ketones is 1. The molecule has 5 nitrogen and oxygen atoms in total. The molecule has 148 valence electrons. The number of allylic oxidation sites excluding steroid dienone is 2. The zero-order valence-corrected chi connectivity index (χ0v) is 16.3. The Hall–Kier alpha value is -3.05. The first kappa shape index (κ1) is 19.3. The van der Waals surface area contributed by atoms with E-state index in [-0.39, 0.29) is 11.7 Å². The zero-order chi connectivity index (χ0) is 20.1. The van der Waals surface area contributed by atoms with Gasteiger partial charge in [-0.05, 0) is 50.2 Å². The minimum absolute atomic E-state index is 0.0755. The second kappa shape index (κ2) is 8.97. The zero-order valence-electron chi connectivity index (χ0n) is 16.3. The van der Waals surface area contributed by atoms with E-state index >= 15 is 0 Å². The molecule has 1 amide bonds. The summed E-state index contributed by atoms with van der Waals surface area (Å²) < 4.78 is 5.93. The number of amides is 1. The SMILES string of the molecule is O=C(/N=C1\C=CC(=O)c2ccccc21)c1ccccc1OCCN1CCCCC1. The number of aliphatic imine (C=N–C) groups is 1. The van der Waals surface area contributed by atoms with Crippen LogP contribution in [0, 0.1) is 0 Å². The number of likely N-dealkylation sites (tertiary alicyclic amines) is 1. The quantitative estimate of drug-likeness (QED) is 0.779. The number of hydrogen-bond acceptors (Lipinski definition) is 4. The average molecular weight is 388 g/mol. The molecule has 1 aliphatic heterocycles. The fourth-order valence-corrected chi connectivity index (χ4v) is 3.76. The van der Waals surface area contributed by atoms with Crippen molar-refractivity contribution in [2.24, 2.45) is 4.99 Å². The highest BCUT2D eigenvalue weighted by Gasteiger charge is 2.19. The van der Waals surface area contributed by atoms with Crippen molar-refractivity contribution < 1.29 is 14.3 Å². The van der Waals surface area contributed by atoms with Crippen molar-refractivity contribution in [2.75, 3.05) is 26.2 Å². The van der Waals surface area contributed by atoms with Gasteiger partial charge >= 0.3 is 0 Å². The lowest BCUT2D eigenvalue weighted by Crippen LogP contribution is -2.33. The molecule has 0 radical (unpaired) electrons. The number of carbonyl (C=O) groups excluding carboxylic acids is 2. The van der Waals surface area contributed by atoms with Gasteiger partial charge in [-0.25, -0.2) is 4.99 Å². The number of piperidine rings is 1. The first-order chi connectivity index (χ1) is 14.2. The maximum absolute atomic E-state index is 12.9. The lowest BCUT2D eigenvalue weighted by Gasteiger charge is -2.26. The van der Waals surface area contributed by atoms with E-state index in [0.29, 0.717) is 34.8 Å². The smallest absolute Gasteiger partial charge is 0.281 e. The molecular weight excluding hydrogens is 364 g/mol. The van der Waals surface area contributed by atoms with E-state index in [4.69, 9.17) is 4.74 Å². The Morgan fingerprint density at radius 3 is 2.48 bits per heavy atom. The summed E-state index contributed by atoms with van der Waals surface area (Å²) in [6.07, 6.45) is 6.84. The van der Waals surface area contributed by atoms with Crippen LogP contribution in [0.1, 0.15) is 45.5 Å². The second-order valence-corrected chi connectivity index (χ2v) is 7.29. The molecule has 1 aliphatic carbocycles. The monoisotopic (exact) mass is 388 g/mol. The Labute approximate surface area is 170 Å². The normalized spacial score (nSPS) is 17.9. The molecule has 0 saturated carbocycles. The summed E-state index contributed by atoms with van der Waals surface area (Å²) >= 11 is 0. The molecule has 0 bridgehead atoms. The van der Waals surface area contributed by atoms with Crippen LogP contribution in [0.15, 0.2) is 65.7 Å². The molecule has 29 heavy (non-hydrogen) atoms. The van der Waals surface area contributed by atoms with Crippen molar-refractivity contribution in [3.8, 4) is 5.75 Å². The molecule has 2 aliphatic rings. The van der Waals surface area contributed by atoms with E-state index in [1.165, 1.54) is 25.3 Å². The van der Waals surface area contributed by atoms with Crippen LogP contribution >= 0.6 is 0 Å². The first-order valence-electron chi connectivity index (χ1n) is 10.1. The standard InChI is InChI=1S/C24H24N2O3/c27-22-13-12-21(18-8-2-3-9-19(18)22)25-24(28)20-10-4-5-11-23(20)29-17-16-26-14-6-1-7-15-26/h2-5,8-13H,1,6-7,14-17H2/b25-21+. The highest BCUT2D eigenvalue weighted by atomic mass is 16.5. The van der Waals surface area contributed by atoms with Gasteiger partial charge in [0.05, 0.1) is 11.3 Å². The Kier molecular flexibility index (Phi) is 5.96. The fraction of sp³-hybridized carbons (Fsp3) is 0.292. The second-order valence-electron chi connectivity index (χ2n) is 7.29. The number of benzene rings is 2. The van der Waals surface area contributed by atoms with E-state index in [2.05, 4.69) is 9.89 Å². The van der Waals surface area contributed by atoms with Crippen LogP contribution in [0.4, 0.5) is 0 Å². The van der Waals surface area contributed by atoms with Crippen LogP contribution < -0.4 is 4.74 Å². The van der Waals surface area contributed by atoms with Crippen molar-refractivity contribution in [1.29, 1.82) is 0 Å². The maximum Gasteiger partial charge on any atom is 0.281 e. The van der Waals surface area contributed by atoms with Gasteiger partial charge in [0.15, 0.2) is 5.78 Å². The molecule has 1 heterocycles. The summed E-state index contributed by atoms with van der Waals surface area (Å²) in [5.74, 6) is 0.0961. The molecule has 0 atom stereocenters. The van der Waals surface area contributed by atoms with Crippen LogP contribution in [-0.4, -0.2) is 48.5 Å². The van der Waals surface area contributed by atoms with Gasteiger partial charge < -0.3 is 4.74 Å². The Balaban J connectivity index is 1.50. The average Bonchev–Trinajstić information content (AvgIpc) is 2.77. The molecule has 0 N–H and O–H groups in total. The van der Waals surface area contributed by atoms with Gasteiger partial charge in [0.1, 0.15) is 12.4 Å². The number of nitrogens with zero attached hydrogens (tertiary/aromatic N) is 2. The van der Waals surface area contributed by atoms with Crippen molar-refractivity contribution >= 4 is 17.4 Å². The van der Waals surface area contributed by atoms with Crippen molar-refractivity contribution in [1.82, 2.24) is 4.90 Å². The van der Waals surface area contributed by atoms with E-state index in [1.54, 1.807) is 36.4 Å². The highest BCUT2D eigenvalue weighted by Crippen LogP contribution is 2.22. The van der Waals surface area contributed by atoms with Gasteiger partial charge in [-0.3, -0.25) is 14.5 Å². The molecule has 5 heteroatoms. The van der Waals surface area contributed by atoms with Gasteiger partial charge in [0.2, 0.25) is 0 Å². The molecule has 1 fully saturated rings. The molecular formula is C24H24N2O3. The van der Waals surface area contributed by atoms with Gasteiger partial charge in [0, 0.05) is 17.7 Å². The van der Waals surface area contributed by atoms with Crippen LogP contribution in [0.2, 0.25) is 0 Å². The maximum atomic E-state index is 12.9. The third kappa shape index (κ3) is 4.51. The van der Waals surface area contributed by atoms with Crippen molar-refractivity contribution in [3.63, 3.8) is 0 Å². The molecule has 2 aromatic rings. The number of para-hydroxylation sites is 1. The van der Waals surface area contributed by atoms with Crippen LogP contribution in [0.25, 0.3) is 0 Å². The number of fused-ring (bicyclic) bond motifs is 1. The molecule has 0 spiro atoms. The first-order valence-corrected chi connectivity index (χ1v) is 10.1. The molecule has 2 aromatic carbocycles. The number of carbonyl (C=O) groups is 2. The van der Waals surface area contributed by atoms with E-state index in [0.717, 1.165) is 19.6 Å². The van der Waals surface area contributed by atoms with E-state index in [1.807, 2.05) is 18.2 Å². The summed E-state index contributed by atoms with van der Waals surface area (Å²) in [4.78, 5) is 31.6. The van der Waals surface area contributed by atoms with Gasteiger partial charge in [-0.1, -0.05) is 42.8 Å². The van der Waals surface area contributed by atoms with Crippen molar-refractivity contribution in [3.05, 3.63) is 77.4 Å². The Morgan fingerprint density at radius 2 is 1.66 bits per heavy atom. The highest BCUT2D eigenvalue weighted by molar-refractivity contribution is 6.26. The molecule has 0 aromatic heterocycles. The topological polar surface area (TPSA) is 59.0 Å². The number of hydrogen-bond donors (Lipinski definition) is 0. The van der Waals surface area contributed by atoms with Gasteiger partial charge in [0.25, 0.3) is 5.91 Å². The minimum atomic E-state index is -0.373. The number of rotatable bonds is 5. The molecule has 4 rings (SSSR count). The minimum Gasteiger partial charge on any atom is -0.491 e. The predicted molar refractivity (Wildman–Crippen MR) is 113 cm³/mol. The Morgan fingerprint density at radius 1 is 0.931 bits per heavy atom. The lowest BCUT2D eigenvalue weighted by atomic mass is 9.94. The fourth-order valence-electron chi connectivity index (χ4n) is 3.76. The van der Waals surface area contributed by atoms with E-state index in [9.17, 15) is 9.59 Å². The van der Waals surface area contributed by atoms with E-state index < -0.39 is 0 Å². The molecule has 1 saturated heterocycles. The molecule has 0 unspecified atom stereocenters. The van der Waals surface area contributed by atoms with Crippen LogP contribution in [-0.2, 0) is 0 Å². The summed E-state index contributed by atoms with van der Waals surface area (Å²) in [6.45, 7) is 3.62. The Bertz CT molecular complexity index is 972. The summed E-state index contributed by atoms with van der Waals surface area (Å²) in [5.41, 5.74) is 2.17. The number of ether oxygens (including phenoxy) is 1. The third-order valence-electron chi connectivity index (χ3n) is 5.31. The van der Waals surface area contributed by atoms with Gasteiger partial charge in [-0.2, -0.15) is 0 Å². The van der Waals surface area contributed by atoms with Gasteiger partial charge in [-0.15, -0.1) is 0 Å². The van der Waals surface area contributed by atoms with Crippen LogP contribution in [0.5, 0.6) is 5.75 Å². The predicted octanol–water partition coefficient (Wildman–Crippen LogP) is 3.93. The largest absolute Gasteiger partial charge is 0.491 e. The summed E-state index contributed by atoms with van der Waals surface area (Å²) in [7, 11) is 0. The van der Waals surface area contributed by atoms with Crippen molar-refractivity contribution in [2.45, 2.75) is 19.3 Å². The lowest BCUT2D eigenvalue weighted by molar-refractivity contribution is 0.0995. The summed E-state index contributed by atoms with van der Waals surface area (Å²) in [5, 5.41) is 0.